The van der Waals surface area contributed by atoms with Crippen molar-refractivity contribution < 1.29 is 23.8 Å². The topological polar surface area (TPSA) is 65.1 Å². The normalized spacial score (nSPS) is 18.9. The fraction of sp³-hybridized carbons (Fsp3) is 0.556. The van der Waals surface area contributed by atoms with E-state index in [0.717, 1.165) is 64.7 Å². The summed E-state index contributed by atoms with van der Waals surface area (Å²) in [5.74, 6) is 1.20. The molecule has 0 unspecified atom stereocenters. The first kappa shape index (κ1) is 25.0. The van der Waals surface area contributed by atoms with Gasteiger partial charge in [0.1, 0.15) is 0 Å². The first-order valence-corrected chi connectivity index (χ1v) is 13.2. The molecule has 184 valence electrons. The summed E-state index contributed by atoms with van der Waals surface area (Å²) >= 11 is 3.68. The fourth-order valence-corrected chi connectivity index (χ4v) is 5.94. The molecular formula is C27H34BrNO5. The Hall–Kier alpha value is -2.12. The molecule has 0 aromatic heterocycles. The van der Waals surface area contributed by atoms with E-state index in [2.05, 4.69) is 27.8 Å². The van der Waals surface area contributed by atoms with Crippen molar-refractivity contribution >= 4 is 27.5 Å². The van der Waals surface area contributed by atoms with E-state index in [1.165, 1.54) is 0 Å². The van der Waals surface area contributed by atoms with Gasteiger partial charge in [-0.2, -0.15) is 0 Å². The van der Waals surface area contributed by atoms with Gasteiger partial charge in [-0.3, -0.25) is 9.59 Å². The van der Waals surface area contributed by atoms with Gasteiger partial charge in [0.25, 0.3) is 0 Å². The van der Waals surface area contributed by atoms with Crippen molar-refractivity contribution in [3.63, 3.8) is 0 Å². The number of rotatable bonds is 9. The van der Waals surface area contributed by atoms with E-state index in [0.29, 0.717) is 50.7 Å². The molecule has 0 radical (unpaired) electrons. The molecule has 0 spiro atoms. The van der Waals surface area contributed by atoms with Gasteiger partial charge in [0.2, 0.25) is 0 Å². The van der Waals surface area contributed by atoms with Crippen molar-refractivity contribution in [3.8, 4) is 11.5 Å². The van der Waals surface area contributed by atoms with E-state index in [9.17, 15) is 9.59 Å². The van der Waals surface area contributed by atoms with Gasteiger partial charge >= 0.3 is 0 Å². The Morgan fingerprint density at radius 1 is 0.941 bits per heavy atom. The summed E-state index contributed by atoms with van der Waals surface area (Å²) in [6.07, 6.45) is 5.26. The molecule has 0 fully saturated rings. The van der Waals surface area contributed by atoms with Crippen molar-refractivity contribution in [3.05, 3.63) is 44.7 Å². The second-order valence-electron chi connectivity index (χ2n) is 8.96. The molecule has 0 N–H and O–H groups in total. The minimum absolute atomic E-state index is 0.138. The number of benzene rings is 1. The van der Waals surface area contributed by atoms with E-state index >= 15 is 0 Å². The number of Topliss-reactive ketones (excluding diaryl/α,β-unsaturated/α-hetero) is 2. The summed E-state index contributed by atoms with van der Waals surface area (Å²) < 4.78 is 18.1. The Morgan fingerprint density at radius 3 is 2.15 bits per heavy atom. The summed E-state index contributed by atoms with van der Waals surface area (Å²) in [6, 6.07) is 3.97. The third-order valence-electron chi connectivity index (χ3n) is 6.72. The highest BCUT2D eigenvalue weighted by Crippen LogP contribution is 2.51. The van der Waals surface area contributed by atoms with Crippen LogP contribution < -0.4 is 9.47 Å². The van der Waals surface area contributed by atoms with Crippen LogP contribution in [0.2, 0.25) is 0 Å². The Bertz CT molecular complexity index is 984. The van der Waals surface area contributed by atoms with Crippen LogP contribution in [0.5, 0.6) is 11.5 Å². The Balaban J connectivity index is 1.90. The average molecular weight is 532 g/mol. The highest BCUT2D eigenvalue weighted by Gasteiger charge is 2.43. The van der Waals surface area contributed by atoms with Crippen LogP contribution in [0.1, 0.15) is 70.3 Å². The lowest BCUT2D eigenvalue weighted by atomic mass is 9.71. The number of carbonyl (C=O) groups excluding carboxylic acids is 2. The minimum atomic E-state index is -0.375. The standard InChI is InChI=1S/C27H34BrNO5/c1-4-13-34-27-18(28)15-17(16-23(27)33-5-2)24-25-19(8-6-10-21(25)30)29(12-14-32-3)20-9-7-11-22(31)26(20)24/h15-16,24H,4-14H2,1-3H3. The molecule has 1 aliphatic heterocycles. The van der Waals surface area contributed by atoms with E-state index in [1.807, 2.05) is 19.1 Å². The van der Waals surface area contributed by atoms with Crippen molar-refractivity contribution in [2.45, 2.75) is 64.7 Å². The second kappa shape index (κ2) is 11.1. The molecule has 1 heterocycles. The zero-order chi connectivity index (χ0) is 24.2. The van der Waals surface area contributed by atoms with E-state index in [1.54, 1.807) is 7.11 Å². The number of halogens is 1. The van der Waals surface area contributed by atoms with Crippen LogP contribution in [-0.4, -0.2) is 49.9 Å². The smallest absolute Gasteiger partial charge is 0.175 e. The van der Waals surface area contributed by atoms with Gasteiger partial charge in [-0.1, -0.05) is 6.92 Å². The maximum atomic E-state index is 13.4. The molecule has 3 aliphatic rings. The first-order valence-electron chi connectivity index (χ1n) is 12.4. The maximum Gasteiger partial charge on any atom is 0.175 e. The van der Waals surface area contributed by atoms with Crippen LogP contribution in [-0.2, 0) is 14.3 Å². The zero-order valence-corrected chi connectivity index (χ0v) is 22.0. The molecule has 0 amide bonds. The molecule has 4 rings (SSSR count). The molecule has 7 heteroatoms. The van der Waals surface area contributed by atoms with Crippen LogP contribution in [0.3, 0.4) is 0 Å². The highest BCUT2D eigenvalue weighted by molar-refractivity contribution is 9.10. The van der Waals surface area contributed by atoms with E-state index in [-0.39, 0.29) is 17.5 Å². The highest BCUT2D eigenvalue weighted by atomic mass is 79.9. The summed E-state index contributed by atoms with van der Waals surface area (Å²) in [4.78, 5) is 29.0. The van der Waals surface area contributed by atoms with Gasteiger partial charge < -0.3 is 19.1 Å². The molecule has 34 heavy (non-hydrogen) atoms. The maximum absolute atomic E-state index is 13.4. The quantitative estimate of drug-likeness (QED) is 0.407. The molecule has 6 nitrogen and oxygen atoms in total. The third kappa shape index (κ3) is 4.69. The Morgan fingerprint density at radius 2 is 1.59 bits per heavy atom. The van der Waals surface area contributed by atoms with Crippen LogP contribution in [0, 0.1) is 0 Å². The van der Waals surface area contributed by atoms with Crippen LogP contribution in [0.15, 0.2) is 39.1 Å². The van der Waals surface area contributed by atoms with Gasteiger partial charge in [0.15, 0.2) is 23.1 Å². The third-order valence-corrected chi connectivity index (χ3v) is 7.31. The van der Waals surface area contributed by atoms with Crippen LogP contribution in [0.4, 0.5) is 0 Å². The number of ether oxygens (including phenoxy) is 3. The number of allylic oxidation sites excluding steroid dienone is 4. The molecule has 0 saturated carbocycles. The predicted octanol–water partition coefficient (Wildman–Crippen LogP) is 5.70. The molecule has 0 bridgehead atoms. The lowest BCUT2D eigenvalue weighted by Gasteiger charge is -2.44. The predicted molar refractivity (Wildman–Crippen MR) is 134 cm³/mol. The summed E-state index contributed by atoms with van der Waals surface area (Å²) in [5, 5.41) is 0. The lowest BCUT2D eigenvalue weighted by molar-refractivity contribution is -0.117. The number of hydrogen-bond donors (Lipinski definition) is 0. The number of nitrogens with zero attached hydrogens (tertiary/aromatic N) is 1. The molecule has 0 atom stereocenters. The van der Waals surface area contributed by atoms with Crippen molar-refractivity contribution in [2.24, 2.45) is 0 Å². The monoisotopic (exact) mass is 531 g/mol. The molecular weight excluding hydrogens is 498 g/mol. The molecule has 1 aromatic rings. The average Bonchev–Trinajstić information content (AvgIpc) is 2.82. The molecule has 1 aromatic carbocycles. The van der Waals surface area contributed by atoms with Crippen LogP contribution in [0.25, 0.3) is 0 Å². The molecule has 2 aliphatic carbocycles. The number of ketones is 2. The first-order chi connectivity index (χ1) is 16.5. The summed E-state index contributed by atoms with van der Waals surface area (Å²) in [6.45, 7) is 6.27. The number of methoxy groups -OCH3 is 1. The van der Waals surface area contributed by atoms with E-state index < -0.39 is 0 Å². The lowest BCUT2D eigenvalue weighted by Crippen LogP contribution is -2.40. The van der Waals surface area contributed by atoms with Gasteiger partial charge in [-0.15, -0.1) is 0 Å². The number of carbonyl (C=O) groups is 2. The van der Waals surface area contributed by atoms with Gasteiger partial charge in [0.05, 0.1) is 24.3 Å². The van der Waals surface area contributed by atoms with Gasteiger partial charge in [0, 0.05) is 55.0 Å². The van der Waals surface area contributed by atoms with Gasteiger partial charge in [-0.05, 0) is 72.7 Å². The summed E-state index contributed by atoms with van der Waals surface area (Å²) in [7, 11) is 1.68. The molecule has 0 saturated heterocycles. The Kier molecular flexibility index (Phi) is 8.14. The van der Waals surface area contributed by atoms with Crippen molar-refractivity contribution in [1.29, 1.82) is 0 Å². The SMILES string of the molecule is CCCOc1c(Br)cc(C2C3=C(CCCC3=O)N(CCOC)C3=C2C(=O)CCC3)cc1OCC. The van der Waals surface area contributed by atoms with Crippen molar-refractivity contribution in [1.82, 2.24) is 4.90 Å². The Labute approximate surface area is 210 Å². The van der Waals surface area contributed by atoms with E-state index in [4.69, 9.17) is 14.2 Å². The van der Waals surface area contributed by atoms with Gasteiger partial charge in [-0.25, -0.2) is 0 Å². The minimum Gasteiger partial charge on any atom is -0.490 e. The zero-order valence-electron chi connectivity index (χ0n) is 20.4. The van der Waals surface area contributed by atoms with Crippen LogP contribution >= 0.6 is 15.9 Å². The fourth-order valence-electron chi connectivity index (χ4n) is 5.36. The second-order valence-corrected chi connectivity index (χ2v) is 9.82. The number of hydrogen-bond acceptors (Lipinski definition) is 6. The summed E-state index contributed by atoms with van der Waals surface area (Å²) in [5.41, 5.74) is 4.57. The largest absolute Gasteiger partial charge is 0.490 e. The van der Waals surface area contributed by atoms with Crippen molar-refractivity contribution in [2.75, 3.05) is 33.5 Å².